The molecule has 218 valence electrons. The average Bonchev–Trinajstić information content (AvgIpc) is 2.99. The van der Waals surface area contributed by atoms with E-state index in [1.54, 1.807) is 60.7 Å². The Morgan fingerprint density at radius 2 is 1.54 bits per heavy atom. The second-order valence-electron chi connectivity index (χ2n) is 9.55. The molecule has 0 saturated carbocycles. The Bertz CT molecular complexity index is 1590. The average molecular weight is 602 g/mol. The van der Waals surface area contributed by atoms with Crippen molar-refractivity contribution in [3.8, 4) is 11.5 Å². The maximum absolute atomic E-state index is 13.5. The predicted octanol–water partition coefficient (Wildman–Crippen LogP) is 2.17. The summed E-state index contributed by atoms with van der Waals surface area (Å²) in [6.45, 7) is 3.26. The number of hydrogen-bond acceptors (Lipinski definition) is 8. The number of aryl methyl sites for hydroxylation is 1. The van der Waals surface area contributed by atoms with Crippen LogP contribution in [0, 0.1) is 6.92 Å². The molecule has 3 aromatic carbocycles. The zero-order valence-corrected chi connectivity index (χ0v) is 24.1. The van der Waals surface area contributed by atoms with Gasteiger partial charge < -0.3 is 19.5 Å². The highest BCUT2D eigenvalue weighted by Gasteiger charge is 2.37. The minimum atomic E-state index is -3.94. The fraction of sp³-hybridized carbons (Fsp3) is 0.321. The third kappa shape index (κ3) is 6.32. The number of anilines is 1. The highest BCUT2D eigenvalue weighted by molar-refractivity contribution is 7.92. The molecular weight excluding hydrogens is 570 g/mol. The fourth-order valence-electron chi connectivity index (χ4n) is 4.50. The smallest absolute Gasteiger partial charge is 0.264 e. The summed E-state index contributed by atoms with van der Waals surface area (Å²) in [5.74, 6) is 0.246. The zero-order valence-electron chi connectivity index (χ0n) is 22.4. The van der Waals surface area contributed by atoms with Gasteiger partial charge >= 0.3 is 0 Å². The molecule has 0 radical (unpaired) electrons. The highest BCUT2D eigenvalue weighted by Crippen LogP contribution is 2.36. The van der Waals surface area contributed by atoms with Crippen LogP contribution in [-0.2, 0) is 29.6 Å². The lowest BCUT2D eigenvalue weighted by Crippen LogP contribution is -2.51. The molecule has 0 aromatic heterocycles. The molecule has 2 aliphatic heterocycles. The van der Waals surface area contributed by atoms with Crippen molar-refractivity contribution in [2.45, 2.75) is 22.8 Å². The van der Waals surface area contributed by atoms with E-state index < -0.39 is 32.1 Å². The second-order valence-corrected chi connectivity index (χ2v) is 13.4. The Morgan fingerprint density at radius 1 is 0.902 bits per heavy atom. The molecule has 5 rings (SSSR count). The topological polar surface area (TPSA) is 132 Å². The van der Waals surface area contributed by atoms with Crippen LogP contribution >= 0.6 is 0 Å². The molecule has 1 saturated heterocycles. The van der Waals surface area contributed by atoms with Gasteiger partial charge in [0, 0.05) is 13.1 Å². The largest absolute Gasteiger partial charge is 0.492 e. The van der Waals surface area contributed by atoms with Crippen LogP contribution in [0.1, 0.15) is 5.56 Å². The van der Waals surface area contributed by atoms with Crippen LogP contribution in [0.25, 0.3) is 0 Å². The van der Waals surface area contributed by atoms with E-state index in [4.69, 9.17) is 14.2 Å². The lowest BCUT2D eigenvalue weighted by atomic mass is 10.2. The first-order valence-electron chi connectivity index (χ1n) is 13.1. The molecule has 2 heterocycles. The molecule has 1 N–H and O–H groups in total. The molecule has 0 spiro atoms. The molecule has 1 unspecified atom stereocenters. The van der Waals surface area contributed by atoms with Gasteiger partial charge in [-0.05, 0) is 55.5 Å². The lowest BCUT2D eigenvalue weighted by Gasteiger charge is -2.34. The molecule has 0 aliphatic carbocycles. The van der Waals surface area contributed by atoms with E-state index in [1.807, 2.05) is 6.92 Å². The number of hydrogen-bond donors (Lipinski definition) is 1. The van der Waals surface area contributed by atoms with Crippen molar-refractivity contribution in [1.82, 2.24) is 9.62 Å². The molecule has 1 atom stereocenters. The Hall–Kier alpha value is -3.65. The summed E-state index contributed by atoms with van der Waals surface area (Å²) in [6, 6.07) is 19.3. The number of nitrogens with one attached hydrogen (secondary N) is 1. The number of carbonyl (C=O) groups excluding carboxylic acids is 1. The van der Waals surface area contributed by atoms with Gasteiger partial charge in [-0.25, -0.2) is 16.8 Å². The van der Waals surface area contributed by atoms with Crippen molar-refractivity contribution in [1.29, 1.82) is 0 Å². The van der Waals surface area contributed by atoms with Crippen LogP contribution in [0.2, 0.25) is 0 Å². The van der Waals surface area contributed by atoms with Crippen molar-refractivity contribution in [3.05, 3.63) is 78.4 Å². The van der Waals surface area contributed by atoms with Crippen molar-refractivity contribution in [2.75, 3.05) is 50.3 Å². The van der Waals surface area contributed by atoms with E-state index in [0.717, 1.165) is 5.56 Å². The zero-order chi connectivity index (χ0) is 29.0. The summed E-state index contributed by atoms with van der Waals surface area (Å²) in [7, 11) is -7.55. The molecular formula is C28H31N3O8S2. The van der Waals surface area contributed by atoms with Gasteiger partial charge in [0.25, 0.3) is 15.9 Å². The number of ether oxygens (including phenoxy) is 3. The molecule has 1 amide bonds. The van der Waals surface area contributed by atoms with Gasteiger partial charge in [0.2, 0.25) is 10.0 Å². The van der Waals surface area contributed by atoms with Crippen molar-refractivity contribution >= 4 is 31.6 Å². The molecule has 13 heteroatoms. The van der Waals surface area contributed by atoms with Gasteiger partial charge in [0.15, 0.2) is 6.10 Å². The molecule has 11 nitrogen and oxygen atoms in total. The maximum atomic E-state index is 13.5. The van der Waals surface area contributed by atoms with Gasteiger partial charge in [-0.15, -0.1) is 0 Å². The standard InChI is InChI=1S/C28H31N3O8S2/c1-21-6-10-24(11-7-21)41(35,36)31-20-27(39-26-5-3-2-4-25(26)31)28(32)29-14-17-38-22-8-12-23(13-9-22)40(33,34)30-15-18-37-19-16-30/h2-13,27H,14-20H2,1H3,(H,29,32). The summed E-state index contributed by atoms with van der Waals surface area (Å²) in [6.07, 6.45) is -1.07. The van der Waals surface area contributed by atoms with E-state index in [9.17, 15) is 21.6 Å². The number of fused-ring (bicyclic) bond motifs is 1. The van der Waals surface area contributed by atoms with E-state index in [0.29, 0.717) is 37.7 Å². The van der Waals surface area contributed by atoms with Crippen LogP contribution in [0.3, 0.4) is 0 Å². The fourth-order valence-corrected chi connectivity index (χ4v) is 7.39. The van der Waals surface area contributed by atoms with Crippen LogP contribution < -0.4 is 19.1 Å². The molecule has 0 bridgehead atoms. The molecule has 3 aromatic rings. The number of benzene rings is 3. The van der Waals surface area contributed by atoms with E-state index in [-0.39, 0.29) is 35.2 Å². The van der Waals surface area contributed by atoms with Gasteiger partial charge in [0.1, 0.15) is 18.1 Å². The van der Waals surface area contributed by atoms with Crippen LogP contribution in [0.15, 0.2) is 82.6 Å². The third-order valence-electron chi connectivity index (χ3n) is 6.74. The number of amides is 1. The van der Waals surface area contributed by atoms with Crippen molar-refractivity contribution < 1.29 is 35.8 Å². The lowest BCUT2D eigenvalue weighted by molar-refractivity contribution is -0.127. The predicted molar refractivity (Wildman–Crippen MR) is 151 cm³/mol. The summed E-state index contributed by atoms with van der Waals surface area (Å²) in [4.78, 5) is 13.3. The minimum absolute atomic E-state index is 0.107. The Morgan fingerprint density at radius 3 is 2.24 bits per heavy atom. The van der Waals surface area contributed by atoms with E-state index in [2.05, 4.69) is 5.32 Å². The third-order valence-corrected chi connectivity index (χ3v) is 10.4. The van der Waals surface area contributed by atoms with Crippen molar-refractivity contribution in [3.63, 3.8) is 0 Å². The Kier molecular flexibility index (Phi) is 8.50. The van der Waals surface area contributed by atoms with E-state index in [1.165, 1.54) is 20.7 Å². The quantitative estimate of drug-likeness (QED) is 0.369. The first-order valence-corrected chi connectivity index (χ1v) is 16.0. The summed E-state index contributed by atoms with van der Waals surface area (Å²) in [5, 5.41) is 2.73. The summed E-state index contributed by atoms with van der Waals surface area (Å²) in [5.41, 5.74) is 1.29. The Labute approximate surface area is 239 Å². The first-order chi connectivity index (χ1) is 19.7. The summed E-state index contributed by atoms with van der Waals surface area (Å²) < 4.78 is 71.9. The van der Waals surface area contributed by atoms with Gasteiger partial charge in [-0.2, -0.15) is 4.31 Å². The van der Waals surface area contributed by atoms with Crippen LogP contribution in [0.5, 0.6) is 11.5 Å². The molecule has 41 heavy (non-hydrogen) atoms. The minimum Gasteiger partial charge on any atom is -0.492 e. The summed E-state index contributed by atoms with van der Waals surface area (Å²) >= 11 is 0. The molecule has 1 fully saturated rings. The van der Waals surface area contributed by atoms with Gasteiger partial charge in [0.05, 0.1) is 41.8 Å². The normalized spacial score (nSPS) is 17.8. The van der Waals surface area contributed by atoms with Gasteiger partial charge in [-0.1, -0.05) is 29.8 Å². The highest BCUT2D eigenvalue weighted by atomic mass is 32.2. The maximum Gasteiger partial charge on any atom is 0.264 e. The van der Waals surface area contributed by atoms with Gasteiger partial charge in [-0.3, -0.25) is 9.10 Å². The number of sulfonamides is 2. The van der Waals surface area contributed by atoms with E-state index >= 15 is 0 Å². The number of nitrogens with zero attached hydrogens (tertiary/aromatic N) is 2. The van der Waals surface area contributed by atoms with Crippen LogP contribution in [0.4, 0.5) is 5.69 Å². The van der Waals surface area contributed by atoms with Crippen molar-refractivity contribution in [2.24, 2.45) is 0 Å². The number of para-hydroxylation sites is 2. The second kappa shape index (κ2) is 12.1. The SMILES string of the molecule is Cc1ccc(S(=O)(=O)N2CC(C(=O)NCCOc3ccc(S(=O)(=O)N4CCOCC4)cc3)Oc3ccccc32)cc1. The monoisotopic (exact) mass is 601 g/mol. The number of morpholine rings is 1. The Balaban J connectivity index is 1.18. The first kappa shape index (κ1) is 28.9. The number of rotatable bonds is 9. The molecule has 2 aliphatic rings. The number of carbonyl (C=O) groups is 1. The van der Waals surface area contributed by atoms with Crippen LogP contribution in [-0.4, -0.2) is 79.2 Å².